The van der Waals surface area contributed by atoms with Crippen LogP contribution in [-0.4, -0.2) is 42.2 Å². The molecule has 0 aliphatic rings. The molecular formula is C17H19N3O7S. The second-order valence-corrected chi connectivity index (χ2v) is 7.66. The van der Waals surface area contributed by atoms with E-state index in [4.69, 9.17) is 0 Å². The Morgan fingerprint density at radius 1 is 1.14 bits per heavy atom. The minimum absolute atomic E-state index is 0.121. The summed E-state index contributed by atoms with van der Waals surface area (Å²) in [5.74, 6) is 0. The number of non-ortho nitro benzene ring substituents is 1. The second kappa shape index (κ2) is 8.78. The zero-order valence-electron chi connectivity index (χ0n) is 14.8. The van der Waals surface area contributed by atoms with Crippen molar-refractivity contribution >= 4 is 21.7 Å². The number of nitrogens with zero attached hydrogens (tertiary/aromatic N) is 1. The van der Waals surface area contributed by atoms with Gasteiger partial charge >= 0.3 is 6.03 Å². The van der Waals surface area contributed by atoms with E-state index in [-0.39, 0.29) is 16.1 Å². The maximum absolute atomic E-state index is 12.2. The summed E-state index contributed by atoms with van der Waals surface area (Å²) in [7, 11) is -4.14. The second-order valence-electron chi connectivity index (χ2n) is 5.97. The van der Waals surface area contributed by atoms with Crippen LogP contribution < -0.4 is 10.0 Å². The predicted octanol–water partition coefficient (Wildman–Crippen LogP) is 0.986. The first-order valence-electron chi connectivity index (χ1n) is 8.07. The highest BCUT2D eigenvalue weighted by Crippen LogP contribution is 2.20. The molecule has 0 aromatic heterocycles. The third-order valence-electron chi connectivity index (χ3n) is 3.90. The topological polar surface area (TPSA) is 159 Å². The lowest BCUT2D eigenvalue weighted by atomic mass is 10.0. The molecule has 0 radical (unpaired) electrons. The van der Waals surface area contributed by atoms with Gasteiger partial charge in [0.05, 0.1) is 22.5 Å². The highest BCUT2D eigenvalue weighted by atomic mass is 32.2. The van der Waals surface area contributed by atoms with Gasteiger partial charge in [-0.25, -0.2) is 17.9 Å². The monoisotopic (exact) mass is 409 g/mol. The number of nitrogens with one attached hydrogen (secondary N) is 2. The molecule has 0 aliphatic carbocycles. The summed E-state index contributed by atoms with van der Waals surface area (Å²) >= 11 is 0. The lowest BCUT2D eigenvalue weighted by Crippen LogP contribution is -2.48. The van der Waals surface area contributed by atoms with Crippen molar-refractivity contribution in [2.45, 2.75) is 24.0 Å². The number of carbonyl (C=O) groups excluding carboxylic acids is 1. The van der Waals surface area contributed by atoms with E-state index in [2.05, 4.69) is 5.32 Å². The van der Waals surface area contributed by atoms with Crippen LogP contribution in [0.25, 0.3) is 0 Å². The number of aryl methyl sites for hydroxylation is 1. The van der Waals surface area contributed by atoms with Gasteiger partial charge in [-0.2, -0.15) is 0 Å². The lowest BCUT2D eigenvalue weighted by Gasteiger charge is -2.22. The Labute approximate surface area is 161 Å². The van der Waals surface area contributed by atoms with Gasteiger partial charge in [-0.1, -0.05) is 17.7 Å². The van der Waals surface area contributed by atoms with Crippen LogP contribution in [0, 0.1) is 17.0 Å². The van der Waals surface area contributed by atoms with Gasteiger partial charge in [-0.3, -0.25) is 10.1 Å². The zero-order valence-corrected chi connectivity index (χ0v) is 15.6. The van der Waals surface area contributed by atoms with Crippen molar-refractivity contribution in [3.63, 3.8) is 0 Å². The summed E-state index contributed by atoms with van der Waals surface area (Å²) in [6, 6.07) is 8.30. The van der Waals surface area contributed by atoms with Crippen molar-refractivity contribution in [3.8, 4) is 0 Å². The first kappa shape index (κ1) is 21.3. The molecule has 4 N–H and O–H groups in total. The number of nitro benzene ring substituents is 1. The third kappa shape index (κ3) is 5.25. The number of sulfonamides is 1. The molecule has 0 aliphatic heterocycles. The van der Waals surface area contributed by atoms with Crippen LogP contribution in [0.2, 0.25) is 0 Å². The van der Waals surface area contributed by atoms with Crippen molar-refractivity contribution in [1.29, 1.82) is 0 Å². The SMILES string of the molecule is Cc1ccc(S(=O)(=O)NC(=O)N[C@@H](CO)[C@H](O)c2ccc([N+](=O)[O-])cc2)cc1. The Kier molecular flexibility index (Phi) is 6.67. The van der Waals surface area contributed by atoms with E-state index < -0.39 is 39.7 Å². The average molecular weight is 409 g/mol. The molecule has 0 heterocycles. The Balaban J connectivity index is 2.07. The maximum Gasteiger partial charge on any atom is 0.329 e. The van der Waals surface area contributed by atoms with Crippen molar-refractivity contribution in [2.24, 2.45) is 0 Å². The number of rotatable bonds is 7. The lowest BCUT2D eigenvalue weighted by molar-refractivity contribution is -0.384. The molecule has 0 bridgehead atoms. The summed E-state index contributed by atoms with van der Waals surface area (Å²) in [5, 5.41) is 32.6. The Morgan fingerprint density at radius 3 is 2.21 bits per heavy atom. The molecule has 150 valence electrons. The van der Waals surface area contributed by atoms with Crippen LogP contribution >= 0.6 is 0 Å². The molecule has 0 fully saturated rings. The summed E-state index contributed by atoms with van der Waals surface area (Å²) in [6.07, 6.45) is -1.42. The predicted molar refractivity (Wildman–Crippen MR) is 99.0 cm³/mol. The number of urea groups is 1. The molecule has 28 heavy (non-hydrogen) atoms. The van der Waals surface area contributed by atoms with Crippen LogP contribution in [0.15, 0.2) is 53.4 Å². The van der Waals surface area contributed by atoms with Gasteiger partial charge in [0.15, 0.2) is 0 Å². The Bertz CT molecular complexity index is 944. The molecule has 2 aromatic carbocycles. The molecule has 2 rings (SSSR count). The van der Waals surface area contributed by atoms with Gasteiger partial charge in [0.25, 0.3) is 15.7 Å². The number of amides is 2. The van der Waals surface area contributed by atoms with E-state index in [0.717, 1.165) is 17.7 Å². The number of hydrogen-bond acceptors (Lipinski definition) is 7. The first-order chi connectivity index (χ1) is 13.1. The van der Waals surface area contributed by atoms with Gasteiger partial charge in [-0.05, 0) is 36.8 Å². The van der Waals surface area contributed by atoms with Crippen molar-refractivity contribution in [2.75, 3.05) is 6.61 Å². The minimum atomic E-state index is -4.14. The third-order valence-corrected chi connectivity index (χ3v) is 5.24. The number of aliphatic hydroxyl groups excluding tert-OH is 2. The largest absolute Gasteiger partial charge is 0.394 e. The van der Waals surface area contributed by atoms with Gasteiger partial charge in [0.2, 0.25) is 0 Å². The fraction of sp³-hybridized carbons (Fsp3) is 0.235. The normalized spacial score (nSPS) is 13.4. The number of carbonyl (C=O) groups is 1. The van der Waals surface area contributed by atoms with E-state index in [1.165, 1.54) is 24.3 Å². The summed E-state index contributed by atoms with van der Waals surface area (Å²) in [4.78, 5) is 22.0. The maximum atomic E-state index is 12.2. The number of aliphatic hydroxyl groups is 2. The van der Waals surface area contributed by atoms with Crippen LogP contribution in [-0.2, 0) is 10.0 Å². The molecule has 2 aromatic rings. The minimum Gasteiger partial charge on any atom is -0.394 e. The van der Waals surface area contributed by atoms with Crippen molar-refractivity contribution < 1.29 is 28.3 Å². The Morgan fingerprint density at radius 2 is 1.71 bits per heavy atom. The summed E-state index contributed by atoms with van der Waals surface area (Å²) in [5.41, 5.74) is 0.854. The standard InChI is InChI=1S/C17H19N3O7S/c1-11-2-8-14(9-3-11)28(26,27)19-17(23)18-15(10-21)16(22)12-4-6-13(7-5-12)20(24)25/h2-9,15-16,21-22H,10H2,1H3,(H2,18,19,23)/t15-,16+/m0/s1. The quantitative estimate of drug-likeness (QED) is 0.392. The molecule has 11 heteroatoms. The summed E-state index contributed by atoms with van der Waals surface area (Å²) in [6.45, 7) is 1.08. The number of hydrogen-bond donors (Lipinski definition) is 4. The molecule has 2 amide bonds. The van der Waals surface area contributed by atoms with Crippen LogP contribution in [0.4, 0.5) is 10.5 Å². The highest BCUT2D eigenvalue weighted by molar-refractivity contribution is 7.90. The van der Waals surface area contributed by atoms with Crippen LogP contribution in [0.5, 0.6) is 0 Å². The van der Waals surface area contributed by atoms with E-state index in [9.17, 15) is 33.5 Å². The van der Waals surface area contributed by atoms with E-state index in [1.54, 1.807) is 23.8 Å². The van der Waals surface area contributed by atoms with E-state index >= 15 is 0 Å². The Hall–Kier alpha value is -3.02. The van der Waals surface area contributed by atoms with Gasteiger partial charge in [0, 0.05) is 12.1 Å². The molecule has 10 nitrogen and oxygen atoms in total. The molecular weight excluding hydrogens is 390 g/mol. The van der Waals surface area contributed by atoms with E-state index in [0.29, 0.717) is 0 Å². The molecule has 0 unspecified atom stereocenters. The molecule has 0 saturated heterocycles. The van der Waals surface area contributed by atoms with Gasteiger partial charge in [-0.15, -0.1) is 0 Å². The molecule has 0 spiro atoms. The van der Waals surface area contributed by atoms with Crippen molar-refractivity contribution in [1.82, 2.24) is 10.0 Å². The first-order valence-corrected chi connectivity index (χ1v) is 9.55. The number of benzene rings is 2. The van der Waals surface area contributed by atoms with Crippen LogP contribution in [0.3, 0.4) is 0 Å². The highest BCUT2D eigenvalue weighted by Gasteiger charge is 2.25. The van der Waals surface area contributed by atoms with Gasteiger partial charge < -0.3 is 15.5 Å². The van der Waals surface area contributed by atoms with Crippen molar-refractivity contribution in [3.05, 3.63) is 69.8 Å². The summed E-state index contributed by atoms with van der Waals surface area (Å²) < 4.78 is 26.2. The van der Waals surface area contributed by atoms with Crippen LogP contribution in [0.1, 0.15) is 17.2 Å². The fourth-order valence-corrected chi connectivity index (χ4v) is 3.26. The fourth-order valence-electron chi connectivity index (χ4n) is 2.35. The van der Waals surface area contributed by atoms with E-state index in [1.807, 2.05) is 0 Å². The molecule has 2 atom stereocenters. The smallest absolute Gasteiger partial charge is 0.329 e. The van der Waals surface area contributed by atoms with Gasteiger partial charge in [0.1, 0.15) is 6.10 Å². The average Bonchev–Trinajstić information content (AvgIpc) is 2.65. The number of nitro groups is 1. The molecule has 0 saturated carbocycles. The zero-order chi connectivity index (χ0) is 20.9.